The molecule has 0 unspecified atom stereocenters. The summed E-state index contributed by atoms with van der Waals surface area (Å²) in [5.41, 5.74) is 7.51. The van der Waals surface area contributed by atoms with Crippen LogP contribution in [0.3, 0.4) is 0 Å². The van der Waals surface area contributed by atoms with Gasteiger partial charge in [0.2, 0.25) is 0 Å². The van der Waals surface area contributed by atoms with Crippen molar-refractivity contribution in [3.63, 3.8) is 0 Å². The molecule has 0 spiro atoms. The maximum atomic E-state index is 13.1. The Morgan fingerprint density at radius 2 is 2.06 bits per heavy atom. The van der Waals surface area contributed by atoms with Gasteiger partial charge in [0.25, 0.3) is 0 Å². The fraction of sp³-hybridized carbons (Fsp3) is 0.214. The van der Waals surface area contributed by atoms with Gasteiger partial charge < -0.3 is 10.6 Å². The van der Waals surface area contributed by atoms with Crippen LogP contribution >= 0.6 is 0 Å². The number of pyridine rings is 1. The Bertz CT molecular complexity index is 523. The molecule has 2 N–H and O–H groups in total. The highest BCUT2D eigenvalue weighted by Gasteiger charge is 2.07. The van der Waals surface area contributed by atoms with E-state index in [1.165, 1.54) is 12.1 Å². The summed E-state index contributed by atoms with van der Waals surface area (Å²) in [4.78, 5) is 6.16. The minimum absolute atomic E-state index is 0.0361. The van der Waals surface area contributed by atoms with Crippen LogP contribution in [0.15, 0.2) is 42.6 Å². The van der Waals surface area contributed by atoms with Crippen molar-refractivity contribution in [3.8, 4) is 0 Å². The van der Waals surface area contributed by atoms with Crippen LogP contribution in [0.25, 0.3) is 0 Å². The monoisotopic (exact) mass is 245 g/mol. The highest BCUT2D eigenvalue weighted by molar-refractivity contribution is 5.58. The van der Waals surface area contributed by atoms with Crippen LogP contribution in [-0.2, 0) is 0 Å². The average molecular weight is 245 g/mol. The fourth-order valence-corrected chi connectivity index (χ4v) is 1.68. The van der Waals surface area contributed by atoms with Crippen molar-refractivity contribution in [3.05, 3.63) is 54.0 Å². The van der Waals surface area contributed by atoms with Crippen LogP contribution < -0.4 is 10.6 Å². The lowest BCUT2D eigenvalue weighted by Gasteiger charge is -2.18. The van der Waals surface area contributed by atoms with Gasteiger partial charge in [-0.2, -0.15) is 0 Å². The van der Waals surface area contributed by atoms with E-state index in [0.29, 0.717) is 0 Å². The summed E-state index contributed by atoms with van der Waals surface area (Å²) in [6.45, 7) is 1.91. The van der Waals surface area contributed by atoms with Crippen LogP contribution in [0.2, 0.25) is 0 Å². The molecule has 0 bridgehead atoms. The minimum atomic E-state index is -0.258. The van der Waals surface area contributed by atoms with Gasteiger partial charge in [0.1, 0.15) is 11.6 Å². The summed E-state index contributed by atoms with van der Waals surface area (Å²) in [5, 5.41) is 0. The molecule has 0 saturated carbocycles. The molecule has 4 heteroatoms. The van der Waals surface area contributed by atoms with E-state index < -0.39 is 0 Å². The molecule has 0 saturated heterocycles. The molecule has 1 aromatic heterocycles. The third kappa shape index (κ3) is 2.65. The predicted octanol–water partition coefficient (Wildman–Crippen LogP) is 3.01. The van der Waals surface area contributed by atoms with E-state index >= 15 is 0 Å². The summed E-state index contributed by atoms with van der Waals surface area (Å²) in [6.07, 6.45) is 1.75. The average Bonchev–Trinajstić information content (AvgIpc) is 2.38. The Morgan fingerprint density at radius 3 is 2.61 bits per heavy atom. The van der Waals surface area contributed by atoms with Crippen LogP contribution in [0.5, 0.6) is 0 Å². The zero-order valence-corrected chi connectivity index (χ0v) is 10.5. The SMILES string of the molecule is C[C@@H](N)c1ccc(N(C)c2cccc(F)c2)nc1. The summed E-state index contributed by atoms with van der Waals surface area (Å²) in [6, 6.07) is 10.2. The van der Waals surface area contributed by atoms with E-state index in [1.54, 1.807) is 12.3 Å². The topological polar surface area (TPSA) is 42.1 Å². The third-order valence-corrected chi connectivity index (χ3v) is 2.84. The fourth-order valence-electron chi connectivity index (χ4n) is 1.68. The molecule has 18 heavy (non-hydrogen) atoms. The lowest BCUT2D eigenvalue weighted by Crippen LogP contribution is -2.12. The third-order valence-electron chi connectivity index (χ3n) is 2.84. The number of anilines is 2. The summed E-state index contributed by atoms with van der Waals surface area (Å²) in [5.74, 6) is 0.497. The first-order chi connectivity index (χ1) is 8.58. The van der Waals surface area contributed by atoms with E-state index in [-0.39, 0.29) is 11.9 Å². The zero-order valence-electron chi connectivity index (χ0n) is 10.5. The van der Waals surface area contributed by atoms with Crippen molar-refractivity contribution in [1.29, 1.82) is 0 Å². The first-order valence-corrected chi connectivity index (χ1v) is 5.79. The second kappa shape index (κ2) is 5.14. The van der Waals surface area contributed by atoms with Crippen LogP contribution in [0.1, 0.15) is 18.5 Å². The van der Waals surface area contributed by atoms with Gasteiger partial charge in [-0.1, -0.05) is 12.1 Å². The molecule has 0 aliphatic carbocycles. The lowest BCUT2D eigenvalue weighted by molar-refractivity contribution is 0.628. The Kier molecular flexibility index (Phi) is 3.58. The molecular weight excluding hydrogens is 229 g/mol. The Hall–Kier alpha value is -1.94. The minimum Gasteiger partial charge on any atom is -0.329 e. The second-order valence-corrected chi connectivity index (χ2v) is 4.28. The van der Waals surface area contributed by atoms with Gasteiger partial charge in [-0.3, -0.25) is 0 Å². The molecule has 1 heterocycles. The van der Waals surface area contributed by atoms with Crippen LogP contribution in [0, 0.1) is 5.82 Å². The Morgan fingerprint density at radius 1 is 1.28 bits per heavy atom. The lowest BCUT2D eigenvalue weighted by atomic mass is 10.1. The van der Waals surface area contributed by atoms with Crippen LogP contribution in [0.4, 0.5) is 15.9 Å². The van der Waals surface area contributed by atoms with Gasteiger partial charge in [0.15, 0.2) is 0 Å². The maximum Gasteiger partial charge on any atom is 0.132 e. The maximum absolute atomic E-state index is 13.1. The molecule has 0 aliphatic rings. The van der Waals surface area contributed by atoms with Crippen molar-refractivity contribution < 1.29 is 4.39 Å². The number of benzene rings is 1. The van der Waals surface area contributed by atoms with E-state index in [4.69, 9.17) is 5.73 Å². The number of rotatable bonds is 3. The number of nitrogens with zero attached hydrogens (tertiary/aromatic N) is 2. The van der Waals surface area contributed by atoms with Crippen molar-refractivity contribution in [2.24, 2.45) is 5.73 Å². The molecular formula is C14H16FN3. The molecule has 0 amide bonds. The summed E-state index contributed by atoms with van der Waals surface area (Å²) >= 11 is 0. The summed E-state index contributed by atoms with van der Waals surface area (Å²) < 4.78 is 13.1. The number of aromatic nitrogens is 1. The largest absolute Gasteiger partial charge is 0.329 e. The van der Waals surface area contributed by atoms with Crippen molar-refractivity contribution in [2.75, 3.05) is 11.9 Å². The van der Waals surface area contributed by atoms with E-state index in [2.05, 4.69) is 4.98 Å². The Balaban J connectivity index is 2.26. The van der Waals surface area contributed by atoms with Gasteiger partial charge in [-0.05, 0) is 36.8 Å². The second-order valence-electron chi connectivity index (χ2n) is 4.28. The number of hydrogen-bond acceptors (Lipinski definition) is 3. The van der Waals surface area contributed by atoms with Crippen molar-refractivity contribution in [1.82, 2.24) is 4.98 Å². The van der Waals surface area contributed by atoms with Gasteiger partial charge >= 0.3 is 0 Å². The standard InChI is InChI=1S/C14H16FN3/c1-10(16)11-6-7-14(17-9-11)18(2)13-5-3-4-12(15)8-13/h3-10H,16H2,1-2H3/t10-/m1/s1. The predicted molar refractivity (Wildman–Crippen MR) is 71.3 cm³/mol. The zero-order chi connectivity index (χ0) is 13.1. The normalized spacial score (nSPS) is 12.2. The quantitative estimate of drug-likeness (QED) is 0.903. The van der Waals surface area contributed by atoms with Gasteiger partial charge in [0.05, 0.1) is 0 Å². The molecule has 94 valence electrons. The molecule has 0 radical (unpaired) electrons. The van der Waals surface area contributed by atoms with Gasteiger partial charge in [-0.15, -0.1) is 0 Å². The first kappa shape index (κ1) is 12.5. The number of nitrogens with two attached hydrogens (primary N) is 1. The first-order valence-electron chi connectivity index (χ1n) is 5.79. The molecule has 0 fully saturated rings. The smallest absolute Gasteiger partial charge is 0.132 e. The molecule has 0 aliphatic heterocycles. The highest BCUT2D eigenvalue weighted by atomic mass is 19.1. The molecule has 3 nitrogen and oxygen atoms in total. The molecule has 1 aromatic carbocycles. The molecule has 2 rings (SSSR count). The Labute approximate surface area is 106 Å². The number of halogens is 1. The highest BCUT2D eigenvalue weighted by Crippen LogP contribution is 2.22. The van der Waals surface area contributed by atoms with Crippen LogP contribution in [-0.4, -0.2) is 12.0 Å². The van der Waals surface area contributed by atoms with E-state index in [0.717, 1.165) is 17.1 Å². The van der Waals surface area contributed by atoms with Crippen molar-refractivity contribution in [2.45, 2.75) is 13.0 Å². The van der Waals surface area contributed by atoms with Gasteiger partial charge in [0, 0.05) is 25.0 Å². The molecule has 2 aromatic rings. The van der Waals surface area contributed by atoms with Crippen molar-refractivity contribution >= 4 is 11.5 Å². The van der Waals surface area contributed by atoms with E-state index in [1.807, 2.05) is 37.1 Å². The molecule has 1 atom stereocenters. The van der Waals surface area contributed by atoms with Gasteiger partial charge in [-0.25, -0.2) is 9.37 Å². The summed E-state index contributed by atoms with van der Waals surface area (Å²) in [7, 11) is 1.85. The number of hydrogen-bond donors (Lipinski definition) is 1. The van der Waals surface area contributed by atoms with E-state index in [9.17, 15) is 4.39 Å².